The lowest BCUT2D eigenvalue weighted by Gasteiger charge is -2.26. The predicted octanol–water partition coefficient (Wildman–Crippen LogP) is 2.27. The molecule has 28 heavy (non-hydrogen) atoms. The second-order valence-electron chi connectivity index (χ2n) is 6.62. The third-order valence-electron chi connectivity index (χ3n) is 4.76. The molecule has 3 heterocycles. The number of hydrogen-bond donors (Lipinski definition) is 1. The van der Waals surface area contributed by atoms with Crippen LogP contribution in [0.2, 0.25) is 0 Å². The molecule has 1 N–H and O–H groups in total. The Morgan fingerprint density at radius 2 is 2.04 bits per heavy atom. The molecule has 0 fully saturated rings. The molecule has 144 valence electrons. The van der Waals surface area contributed by atoms with Crippen molar-refractivity contribution in [3.05, 3.63) is 48.7 Å². The summed E-state index contributed by atoms with van der Waals surface area (Å²) in [5, 5.41) is 7.42. The molecule has 0 saturated heterocycles. The lowest BCUT2D eigenvalue weighted by molar-refractivity contribution is -0.122. The number of aryl methyl sites for hydroxylation is 2. The summed E-state index contributed by atoms with van der Waals surface area (Å²) in [6.07, 6.45) is 2.26. The van der Waals surface area contributed by atoms with Crippen LogP contribution in [0.4, 0.5) is 11.5 Å². The topological polar surface area (TPSA) is 81.4 Å². The van der Waals surface area contributed by atoms with Crippen LogP contribution in [0.5, 0.6) is 5.75 Å². The Kier molecular flexibility index (Phi) is 4.60. The Hall–Kier alpha value is -3.55. The van der Waals surface area contributed by atoms with Crippen molar-refractivity contribution in [3.63, 3.8) is 0 Å². The fraction of sp³-hybridized carbons (Fsp3) is 0.250. The number of fused-ring (bicyclic) bond motifs is 1. The highest BCUT2D eigenvalue weighted by Crippen LogP contribution is 2.28. The summed E-state index contributed by atoms with van der Waals surface area (Å²) in [5.41, 5.74) is 2.38. The third-order valence-corrected chi connectivity index (χ3v) is 4.76. The summed E-state index contributed by atoms with van der Waals surface area (Å²) >= 11 is 0. The maximum Gasteiger partial charge on any atom is 0.244 e. The van der Waals surface area contributed by atoms with Crippen molar-refractivity contribution in [2.75, 3.05) is 23.9 Å². The van der Waals surface area contributed by atoms with E-state index < -0.39 is 0 Å². The molecule has 0 unspecified atom stereocenters. The highest BCUT2D eigenvalue weighted by molar-refractivity contribution is 6.03. The number of nitrogens with one attached hydrogen (secondary N) is 1. The van der Waals surface area contributed by atoms with Gasteiger partial charge in [-0.2, -0.15) is 5.10 Å². The van der Waals surface area contributed by atoms with Crippen molar-refractivity contribution in [1.29, 1.82) is 0 Å². The minimum absolute atomic E-state index is 0.0663. The molecule has 0 aliphatic carbocycles. The molecule has 1 aliphatic rings. The number of ether oxygens (including phenoxy) is 1. The number of anilines is 2. The van der Waals surface area contributed by atoms with E-state index in [1.54, 1.807) is 36.1 Å². The van der Waals surface area contributed by atoms with E-state index in [1.807, 2.05) is 36.0 Å². The first kappa shape index (κ1) is 17.8. The van der Waals surface area contributed by atoms with Crippen LogP contribution in [0.25, 0.3) is 11.4 Å². The van der Waals surface area contributed by atoms with E-state index in [4.69, 9.17) is 4.74 Å². The van der Waals surface area contributed by atoms with E-state index in [-0.39, 0.29) is 18.4 Å². The van der Waals surface area contributed by atoms with Gasteiger partial charge in [-0.15, -0.1) is 0 Å². The molecule has 2 aromatic heterocycles. The SMILES string of the molecule is COc1ccc(NC(=O)CN2C(=O)CCn3nc(-c4cccn4C)cc32)cc1. The summed E-state index contributed by atoms with van der Waals surface area (Å²) in [5.74, 6) is 0.989. The van der Waals surface area contributed by atoms with Gasteiger partial charge in [-0.25, -0.2) is 4.68 Å². The van der Waals surface area contributed by atoms with Crippen LogP contribution in [0.1, 0.15) is 6.42 Å². The maximum absolute atomic E-state index is 12.5. The molecule has 1 aliphatic heterocycles. The number of amides is 2. The summed E-state index contributed by atoms with van der Waals surface area (Å²) in [6.45, 7) is 0.443. The molecule has 0 spiro atoms. The standard InChI is InChI=1S/C20H21N5O3/c1-23-10-3-4-17(23)16-12-19-24(20(27)9-11-25(19)22-16)13-18(26)21-14-5-7-15(28-2)8-6-14/h3-8,10,12H,9,11,13H2,1-2H3,(H,21,26). The molecule has 1 aromatic carbocycles. The predicted molar refractivity (Wildman–Crippen MR) is 105 cm³/mol. The van der Waals surface area contributed by atoms with E-state index in [9.17, 15) is 9.59 Å². The number of aromatic nitrogens is 3. The minimum Gasteiger partial charge on any atom is -0.497 e. The van der Waals surface area contributed by atoms with Crippen LogP contribution in [0, 0.1) is 0 Å². The molecule has 0 atom stereocenters. The van der Waals surface area contributed by atoms with Crippen molar-refractivity contribution < 1.29 is 14.3 Å². The highest BCUT2D eigenvalue weighted by Gasteiger charge is 2.28. The van der Waals surface area contributed by atoms with Crippen LogP contribution < -0.4 is 15.0 Å². The first-order valence-electron chi connectivity index (χ1n) is 8.99. The number of carbonyl (C=O) groups excluding carboxylic acids is 2. The van der Waals surface area contributed by atoms with E-state index in [1.165, 1.54) is 4.90 Å². The van der Waals surface area contributed by atoms with E-state index >= 15 is 0 Å². The Bertz CT molecular complexity index is 1020. The average Bonchev–Trinajstić information content (AvgIpc) is 3.30. The van der Waals surface area contributed by atoms with Gasteiger partial charge in [0.05, 0.1) is 19.3 Å². The molecule has 2 amide bonds. The molecular weight excluding hydrogens is 358 g/mol. The fourth-order valence-corrected chi connectivity index (χ4v) is 3.29. The summed E-state index contributed by atoms with van der Waals surface area (Å²) in [4.78, 5) is 26.5. The van der Waals surface area contributed by atoms with Gasteiger partial charge in [0, 0.05) is 31.4 Å². The zero-order valence-electron chi connectivity index (χ0n) is 15.8. The fourth-order valence-electron chi connectivity index (χ4n) is 3.29. The van der Waals surface area contributed by atoms with Crippen molar-refractivity contribution in [2.45, 2.75) is 13.0 Å². The first-order chi connectivity index (χ1) is 13.5. The molecule has 0 saturated carbocycles. The third kappa shape index (κ3) is 3.36. The van der Waals surface area contributed by atoms with E-state index in [0.717, 1.165) is 11.4 Å². The normalized spacial score (nSPS) is 13.4. The van der Waals surface area contributed by atoms with Crippen LogP contribution >= 0.6 is 0 Å². The van der Waals surface area contributed by atoms with Gasteiger partial charge >= 0.3 is 0 Å². The van der Waals surface area contributed by atoms with Gasteiger partial charge in [-0.1, -0.05) is 0 Å². The van der Waals surface area contributed by atoms with Crippen molar-refractivity contribution in [1.82, 2.24) is 14.3 Å². The molecule has 4 rings (SSSR count). The number of nitrogens with zero attached hydrogens (tertiary/aromatic N) is 4. The average molecular weight is 379 g/mol. The number of benzene rings is 1. The van der Waals surface area contributed by atoms with Gasteiger partial charge in [-0.3, -0.25) is 14.5 Å². The zero-order chi connectivity index (χ0) is 19.7. The maximum atomic E-state index is 12.5. The number of hydrogen-bond acceptors (Lipinski definition) is 4. The Morgan fingerprint density at radius 3 is 2.71 bits per heavy atom. The van der Waals surface area contributed by atoms with Crippen LogP contribution in [-0.2, 0) is 23.2 Å². The lowest BCUT2D eigenvalue weighted by atomic mass is 10.2. The Morgan fingerprint density at radius 1 is 1.25 bits per heavy atom. The zero-order valence-corrected chi connectivity index (χ0v) is 15.8. The van der Waals surface area contributed by atoms with Gasteiger partial charge in [-0.05, 0) is 36.4 Å². The second kappa shape index (κ2) is 7.22. The van der Waals surface area contributed by atoms with Gasteiger partial charge in [0.1, 0.15) is 23.8 Å². The smallest absolute Gasteiger partial charge is 0.244 e. The summed E-state index contributed by atoms with van der Waals surface area (Å²) < 4.78 is 8.86. The first-order valence-corrected chi connectivity index (χ1v) is 8.99. The summed E-state index contributed by atoms with van der Waals surface area (Å²) in [7, 11) is 3.53. The minimum atomic E-state index is -0.270. The molecule has 0 radical (unpaired) electrons. The van der Waals surface area contributed by atoms with Gasteiger partial charge in [0.25, 0.3) is 0 Å². The molecule has 8 nitrogen and oxygen atoms in total. The van der Waals surface area contributed by atoms with Crippen LogP contribution in [-0.4, -0.2) is 39.8 Å². The highest BCUT2D eigenvalue weighted by atomic mass is 16.5. The number of methoxy groups -OCH3 is 1. The Balaban J connectivity index is 1.53. The largest absolute Gasteiger partial charge is 0.497 e. The van der Waals surface area contributed by atoms with Crippen LogP contribution in [0.3, 0.4) is 0 Å². The van der Waals surface area contributed by atoms with Gasteiger partial charge in [0.15, 0.2) is 0 Å². The molecule has 0 bridgehead atoms. The van der Waals surface area contributed by atoms with E-state index in [2.05, 4.69) is 10.4 Å². The monoisotopic (exact) mass is 379 g/mol. The molecule has 3 aromatic rings. The second-order valence-corrected chi connectivity index (χ2v) is 6.62. The lowest BCUT2D eigenvalue weighted by Crippen LogP contribution is -2.42. The Labute approximate surface area is 162 Å². The van der Waals surface area contributed by atoms with Crippen molar-refractivity contribution in [2.24, 2.45) is 7.05 Å². The number of rotatable bonds is 5. The van der Waals surface area contributed by atoms with Gasteiger partial charge < -0.3 is 14.6 Å². The molecule has 8 heteroatoms. The van der Waals surface area contributed by atoms with Gasteiger partial charge in [0.2, 0.25) is 11.8 Å². The summed E-state index contributed by atoms with van der Waals surface area (Å²) in [6, 6.07) is 12.8. The quantitative estimate of drug-likeness (QED) is 0.737. The van der Waals surface area contributed by atoms with Crippen molar-refractivity contribution >= 4 is 23.3 Å². The van der Waals surface area contributed by atoms with E-state index in [0.29, 0.717) is 30.2 Å². The molecular formula is C20H21N5O3. The van der Waals surface area contributed by atoms with Crippen LogP contribution in [0.15, 0.2) is 48.7 Å². The number of carbonyl (C=O) groups is 2. The van der Waals surface area contributed by atoms with Crippen molar-refractivity contribution in [3.8, 4) is 17.1 Å².